The molecule has 134 valence electrons. The molecule has 2 aromatic carbocycles. The first-order chi connectivity index (χ1) is 12.1. The monoisotopic (exact) mass is 356 g/mol. The second kappa shape index (κ2) is 10.4. The fourth-order valence-electron chi connectivity index (χ4n) is 3.38. The Bertz CT molecular complexity index is 690. The van der Waals surface area contributed by atoms with E-state index in [0.717, 1.165) is 24.2 Å². The molecule has 1 nitrogen and oxygen atoms in total. The van der Waals surface area contributed by atoms with Crippen LogP contribution in [0, 0.1) is 13.8 Å². The number of hydrogen-bond acceptors (Lipinski definition) is 1. The molecule has 2 aromatic rings. The summed E-state index contributed by atoms with van der Waals surface area (Å²) in [5.41, 5.74) is 6.68. The van der Waals surface area contributed by atoms with Crippen LogP contribution in [-0.4, -0.2) is 6.29 Å². The van der Waals surface area contributed by atoms with Crippen molar-refractivity contribution >= 4 is 17.9 Å². The van der Waals surface area contributed by atoms with E-state index in [1.54, 1.807) is 0 Å². The molecule has 0 atom stereocenters. The van der Waals surface area contributed by atoms with Gasteiger partial charge in [0.1, 0.15) is 6.29 Å². The lowest BCUT2D eigenvalue weighted by molar-refractivity contribution is -0.107. The van der Waals surface area contributed by atoms with Gasteiger partial charge in [0.2, 0.25) is 0 Å². The first-order valence-electron chi connectivity index (χ1n) is 9.42. The predicted molar refractivity (Wildman–Crippen MR) is 108 cm³/mol. The zero-order valence-electron chi connectivity index (χ0n) is 15.5. The maximum absolute atomic E-state index is 10.3. The van der Waals surface area contributed by atoms with Crippen molar-refractivity contribution in [3.63, 3.8) is 0 Å². The first kappa shape index (κ1) is 19.7. The van der Waals surface area contributed by atoms with Gasteiger partial charge < -0.3 is 4.79 Å². The number of aldehydes is 1. The number of aryl methyl sites for hydroxylation is 2. The average Bonchev–Trinajstić information content (AvgIpc) is 2.60. The van der Waals surface area contributed by atoms with Gasteiger partial charge in [0.05, 0.1) is 0 Å². The first-order valence-corrected chi connectivity index (χ1v) is 9.80. The minimum Gasteiger partial charge on any atom is -0.303 e. The van der Waals surface area contributed by atoms with Crippen LogP contribution in [0.25, 0.3) is 11.1 Å². The van der Waals surface area contributed by atoms with Crippen LogP contribution in [0.5, 0.6) is 0 Å². The number of hydrogen-bond donors (Lipinski definition) is 0. The molecule has 0 radical (unpaired) electrons. The molecule has 25 heavy (non-hydrogen) atoms. The highest BCUT2D eigenvalue weighted by Gasteiger charge is 2.10. The van der Waals surface area contributed by atoms with Gasteiger partial charge in [0, 0.05) is 11.4 Å². The number of benzene rings is 2. The van der Waals surface area contributed by atoms with Crippen LogP contribution < -0.4 is 0 Å². The van der Waals surface area contributed by atoms with Gasteiger partial charge in [0.25, 0.3) is 0 Å². The molecule has 0 N–H and O–H groups in total. The highest BCUT2D eigenvalue weighted by Crippen LogP contribution is 2.32. The molecule has 0 heterocycles. The number of unbranched alkanes of at least 4 members (excludes halogenated alkanes) is 6. The SMILES string of the molecule is Cc1ccc(CCCCCCCCC=O)c(-c2cccc(Cl)c2)c1C. The van der Waals surface area contributed by atoms with Crippen LogP contribution in [0.3, 0.4) is 0 Å². The van der Waals surface area contributed by atoms with Crippen molar-refractivity contribution in [1.82, 2.24) is 0 Å². The molecule has 0 aliphatic heterocycles. The summed E-state index contributed by atoms with van der Waals surface area (Å²) in [6.45, 7) is 4.38. The van der Waals surface area contributed by atoms with E-state index in [1.807, 2.05) is 12.1 Å². The largest absolute Gasteiger partial charge is 0.303 e. The van der Waals surface area contributed by atoms with Crippen molar-refractivity contribution in [2.24, 2.45) is 0 Å². The van der Waals surface area contributed by atoms with Crippen LogP contribution in [0.2, 0.25) is 5.02 Å². The number of halogens is 1. The normalized spacial score (nSPS) is 10.8. The topological polar surface area (TPSA) is 17.1 Å². The van der Waals surface area contributed by atoms with Gasteiger partial charge in [-0.2, -0.15) is 0 Å². The Kier molecular flexibility index (Phi) is 8.21. The summed E-state index contributed by atoms with van der Waals surface area (Å²) in [5, 5.41) is 0.791. The minimum absolute atomic E-state index is 0.714. The molecule has 0 spiro atoms. The molecule has 0 saturated carbocycles. The summed E-state index contributed by atoms with van der Waals surface area (Å²) in [4.78, 5) is 10.3. The molecule has 2 rings (SSSR count). The molecule has 0 unspecified atom stereocenters. The smallest absolute Gasteiger partial charge is 0.119 e. The average molecular weight is 357 g/mol. The standard InChI is InChI=1S/C23H29ClO/c1-18-14-15-20(11-8-6-4-3-5-7-9-16-25)23(19(18)2)21-12-10-13-22(24)17-21/h10,12-17H,3-9,11H2,1-2H3. The van der Waals surface area contributed by atoms with Crippen LogP contribution >= 0.6 is 11.6 Å². The molecule has 0 bridgehead atoms. The Labute approximate surface area is 157 Å². The fourth-order valence-corrected chi connectivity index (χ4v) is 3.57. The van der Waals surface area contributed by atoms with Crippen molar-refractivity contribution in [2.75, 3.05) is 0 Å². The second-order valence-electron chi connectivity index (χ2n) is 6.88. The molecular formula is C23H29ClO. The van der Waals surface area contributed by atoms with Crippen LogP contribution in [0.15, 0.2) is 36.4 Å². The van der Waals surface area contributed by atoms with Crippen molar-refractivity contribution in [3.05, 3.63) is 58.1 Å². The van der Waals surface area contributed by atoms with Crippen molar-refractivity contribution < 1.29 is 4.79 Å². The van der Waals surface area contributed by atoms with E-state index in [0.29, 0.717) is 6.42 Å². The second-order valence-corrected chi connectivity index (χ2v) is 7.32. The molecule has 0 aromatic heterocycles. The number of rotatable bonds is 10. The van der Waals surface area contributed by atoms with Gasteiger partial charge >= 0.3 is 0 Å². The van der Waals surface area contributed by atoms with Crippen molar-refractivity contribution in [1.29, 1.82) is 0 Å². The lowest BCUT2D eigenvalue weighted by atomic mass is 9.89. The molecule has 0 saturated heterocycles. The highest BCUT2D eigenvalue weighted by atomic mass is 35.5. The van der Waals surface area contributed by atoms with Gasteiger partial charge in [-0.05, 0) is 73.1 Å². The summed E-state index contributed by atoms with van der Waals surface area (Å²) in [6, 6.07) is 12.7. The lowest BCUT2D eigenvalue weighted by Gasteiger charge is -2.16. The van der Waals surface area contributed by atoms with Gasteiger partial charge in [-0.25, -0.2) is 0 Å². The molecule has 0 aliphatic rings. The van der Waals surface area contributed by atoms with Crippen LogP contribution in [-0.2, 0) is 11.2 Å². The van der Waals surface area contributed by atoms with Crippen molar-refractivity contribution in [2.45, 2.75) is 65.2 Å². The quantitative estimate of drug-likeness (QED) is 0.328. The van der Waals surface area contributed by atoms with Crippen molar-refractivity contribution in [3.8, 4) is 11.1 Å². The molecule has 0 aliphatic carbocycles. The van der Waals surface area contributed by atoms with Gasteiger partial charge in [-0.15, -0.1) is 0 Å². The van der Waals surface area contributed by atoms with E-state index >= 15 is 0 Å². The maximum Gasteiger partial charge on any atom is 0.119 e. The zero-order valence-corrected chi connectivity index (χ0v) is 16.2. The minimum atomic E-state index is 0.714. The van der Waals surface area contributed by atoms with E-state index in [1.165, 1.54) is 59.9 Å². The van der Waals surface area contributed by atoms with E-state index in [9.17, 15) is 4.79 Å². The molecular weight excluding hydrogens is 328 g/mol. The van der Waals surface area contributed by atoms with Gasteiger partial charge in [0.15, 0.2) is 0 Å². The van der Waals surface area contributed by atoms with Gasteiger partial charge in [-0.3, -0.25) is 0 Å². The van der Waals surface area contributed by atoms with E-state index in [-0.39, 0.29) is 0 Å². The number of carbonyl (C=O) groups excluding carboxylic acids is 1. The van der Waals surface area contributed by atoms with E-state index in [2.05, 4.69) is 38.1 Å². The van der Waals surface area contributed by atoms with Crippen LogP contribution in [0.4, 0.5) is 0 Å². The molecule has 0 fully saturated rings. The Morgan fingerprint density at radius 2 is 1.64 bits per heavy atom. The summed E-state index contributed by atoms with van der Waals surface area (Å²) < 4.78 is 0. The predicted octanol–water partition coefficient (Wildman–Crippen LogP) is 7.10. The third-order valence-electron chi connectivity index (χ3n) is 4.95. The molecule has 2 heteroatoms. The Hall–Kier alpha value is -1.60. The van der Waals surface area contributed by atoms with Gasteiger partial charge in [-0.1, -0.05) is 61.5 Å². The Morgan fingerprint density at radius 1 is 0.920 bits per heavy atom. The summed E-state index contributed by atoms with van der Waals surface area (Å²) in [5.74, 6) is 0. The lowest BCUT2D eigenvalue weighted by Crippen LogP contribution is -1.96. The van der Waals surface area contributed by atoms with E-state index < -0.39 is 0 Å². The summed E-state index contributed by atoms with van der Waals surface area (Å²) >= 11 is 6.22. The third kappa shape index (κ3) is 6.01. The highest BCUT2D eigenvalue weighted by molar-refractivity contribution is 6.30. The Morgan fingerprint density at radius 3 is 2.36 bits per heavy atom. The summed E-state index contributed by atoms with van der Waals surface area (Å²) in [7, 11) is 0. The Balaban J connectivity index is 1.99. The number of carbonyl (C=O) groups is 1. The fraction of sp³-hybridized carbons (Fsp3) is 0.435. The summed E-state index contributed by atoms with van der Waals surface area (Å²) in [6.07, 6.45) is 10.0. The third-order valence-corrected chi connectivity index (χ3v) is 5.19. The molecule has 0 amide bonds. The van der Waals surface area contributed by atoms with Crippen LogP contribution in [0.1, 0.15) is 61.6 Å². The zero-order chi connectivity index (χ0) is 18.1. The van der Waals surface area contributed by atoms with E-state index in [4.69, 9.17) is 11.6 Å². The maximum atomic E-state index is 10.3.